The molecule has 2 N–H and O–H groups in total. The number of carbonyl (C=O) groups is 2. The maximum Gasteiger partial charge on any atom is 0.325 e. The Morgan fingerprint density at radius 1 is 1.09 bits per heavy atom. The number of rotatable bonds is 7. The summed E-state index contributed by atoms with van der Waals surface area (Å²) < 4.78 is 0. The molecular weight excluding hydrogens is 400 g/mol. The first-order valence-corrected chi connectivity index (χ1v) is 11.5. The van der Waals surface area contributed by atoms with Gasteiger partial charge in [-0.3, -0.25) is 15.0 Å². The van der Waals surface area contributed by atoms with Crippen LogP contribution in [0, 0.1) is 19.8 Å². The minimum Gasteiger partial charge on any atom is -0.307 e. The Hall–Kier alpha value is -2.70. The Labute approximate surface area is 192 Å². The summed E-state index contributed by atoms with van der Waals surface area (Å²) in [5.74, 6) is 0.370. The molecule has 1 saturated heterocycles. The molecule has 1 aliphatic heterocycles. The number of hydrogen-bond donors (Lipinski definition) is 2. The predicted octanol–water partition coefficient (Wildman–Crippen LogP) is 4.18. The summed E-state index contributed by atoms with van der Waals surface area (Å²) in [5.41, 5.74) is 4.15. The van der Waals surface area contributed by atoms with Gasteiger partial charge in [0.05, 0.1) is 6.04 Å². The van der Waals surface area contributed by atoms with E-state index in [0.29, 0.717) is 11.6 Å². The number of anilines is 1. The van der Waals surface area contributed by atoms with E-state index >= 15 is 0 Å². The number of imide groups is 1. The maximum absolute atomic E-state index is 12.6. The van der Waals surface area contributed by atoms with E-state index in [9.17, 15) is 9.59 Å². The molecule has 1 unspecified atom stereocenters. The second-order valence-electron chi connectivity index (χ2n) is 9.10. The molecule has 1 heterocycles. The third-order valence-electron chi connectivity index (χ3n) is 6.31. The fourth-order valence-electron chi connectivity index (χ4n) is 4.41. The zero-order chi connectivity index (χ0) is 23.1. The predicted molar refractivity (Wildman–Crippen MR) is 130 cm³/mol. The van der Waals surface area contributed by atoms with Crippen LogP contribution in [0.25, 0.3) is 0 Å². The van der Waals surface area contributed by atoms with E-state index in [-0.39, 0.29) is 11.9 Å². The summed E-state index contributed by atoms with van der Waals surface area (Å²) in [7, 11) is 2.17. The van der Waals surface area contributed by atoms with Gasteiger partial charge in [-0.1, -0.05) is 48.0 Å². The van der Waals surface area contributed by atoms with Crippen LogP contribution in [0.2, 0.25) is 0 Å². The Morgan fingerprint density at radius 2 is 1.78 bits per heavy atom. The SMILES string of the molecule is Cc1ccc(NC(=O)NC(=O)C(C)N2CCC(CN(C)Cc3ccccc3)CC2)c(C)c1. The molecule has 32 heavy (non-hydrogen) atoms. The van der Waals surface area contributed by atoms with Gasteiger partial charge in [0, 0.05) is 18.8 Å². The second-order valence-corrected chi connectivity index (χ2v) is 9.10. The van der Waals surface area contributed by atoms with E-state index in [0.717, 1.165) is 50.1 Å². The van der Waals surface area contributed by atoms with Gasteiger partial charge in [-0.05, 0) is 76.9 Å². The van der Waals surface area contributed by atoms with Gasteiger partial charge in [0.2, 0.25) is 5.91 Å². The molecule has 1 aliphatic rings. The fraction of sp³-hybridized carbons (Fsp3) is 0.462. The highest BCUT2D eigenvalue weighted by atomic mass is 16.2. The minimum absolute atomic E-state index is 0.257. The van der Waals surface area contributed by atoms with Crippen molar-refractivity contribution in [3.05, 3.63) is 65.2 Å². The van der Waals surface area contributed by atoms with E-state index in [1.807, 2.05) is 45.0 Å². The first-order valence-electron chi connectivity index (χ1n) is 11.5. The van der Waals surface area contributed by atoms with Gasteiger partial charge in [0.25, 0.3) is 0 Å². The van der Waals surface area contributed by atoms with Crippen LogP contribution in [0.4, 0.5) is 10.5 Å². The molecule has 0 aromatic heterocycles. The van der Waals surface area contributed by atoms with Gasteiger partial charge in [0.15, 0.2) is 0 Å². The summed E-state index contributed by atoms with van der Waals surface area (Å²) in [6.07, 6.45) is 2.12. The van der Waals surface area contributed by atoms with Crippen molar-refractivity contribution in [3.63, 3.8) is 0 Å². The number of likely N-dealkylation sites (tertiary alicyclic amines) is 1. The Kier molecular flexibility index (Phi) is 8.42. The Bertz CT molecular complexity index is 907. The summed E-state index contributed by atoms with van der Waals surface area (Å²) in [6, 6.07) is 15.5. The number of nitrogens with one attached hydrogen (secondary N) is 2. The highest BCUT2D eigenvalue weighted by molar-refractivity contribution is 6.03. The van der Waals surface area contributed by atoms with Crippen LogP contribution in [0.3, 0.4) is 0 Å². The monoisotopic (exact) mass is 436 g/mol. The minimum atomic E-state index is -0.480. The molecule has 1 atom stereocenters. The summed E-state index contributed by atoms with van der Waals surface area (Å²) in [6.45, 7) is 9.58. The molecule has 0 radical (unpaired) electrons. The van der Waals surface area contributed by atoms with Gasteiger partial charge < -0.3 is 10.2 Å². The molecule has 0 spiro atoms. The molecule has 3 rings (SSSR count). The molecule has 2 aromatic carbocycles. The van der Waals surface area contributed by atoms with Crippen molar-refractivity contribution in [3.8, 4) is 0 Å². The topological polar surface area (TPSA) is 64.7 Å². The number of hydrogen-bond acceptors (Lipinski definition) is 4. The smallest absolute Gasteiger partial charge is 0.307 e. The largest absolute Gasteiger partial charge is 0.325 e. The van der Waals surface area contributed by atoms with E-state index in [1.54, 1.807) is 0 Å². The zero-order valence-electron chi connectivity index (χ0n) is 19.7. The number of amides is 3. The van der Waals surface area contributed by atoms with Crippen molar-refractivity contribution in [2.45, 2.75) is 46.2 Å². The number of urea groups is 1. The lowest BCUT2D eigenvalue weighted by Gasteiger charge is -2.36. The lowest BCUT2D eigenvalue weighted by atomic mass is 9.95. The molecule has 3 amide bonds. The Balaban J connectivity index is 1.41. The van der Waals surface area contributed by atoms with Crippen molar-refractivity contribution >= 4 is 17.6 Å². The van der Waals surface area contributed by atoms with Crippen molar-refractivity contribution < 1.29 is 9.59 Å². The standard InChI is InChI=1S/C26H36N4O2/c1-19-10-11-24(20(2)16-19)27-26(32)28-25(31)21(3)30-14-12-23(13-15-30)18-29(4)17-22-8-6-5-7-9-22/h5-11,16,21,23H,12-15,17-18H2,1-4H3,(H2,27,28,31,32). The van der Waals surface area contributed by atoms with Gasteiger partial charge in [-0.2, -0.15) is 0 Å². The van der Waals surface area contributed by atoms with E-state index in [4.69, 9.17) is 0 Å². The third kappa shape index (κ3) is 6.90. The van der Waals surface area contributed by atoms with Crippen LogP contribution in [0.1, 0.15) is 36.5 Å². The molecule has 2 aromatic rings. The normalized spacial score (nSPS) is 16.0. The summed E-state index contributed by atoms with van der Waals surface area (Å²) in [4.78, 5) is 29.5. The van der Waals surface area contributed by atoms with Crippen LogP contribution in [0.5, 0.6) is 0 Å². The number of piperidine rings is 1. The zero-order valence-corrected chi connectivity index (χ0v) is 19.7. The highest BCUT2D eigenvalue weighted by Gasteiger charge is 2.28. The first kappa shape index (κ1) is 24.0. The van der Waals surface area contributed by atoms with Crippen molar-refractivity contribution in [1.82, 2.24) is 15.1 Å². The lowest BCUT2D eigenvalue weighted by molar-refractivity contribution is -0.125. The molecule has 0 saturated carbocycles. The maximum atomic E-state index is 12.6. The molecule has 0 aliphatic carbocycles. The summed E-state index contributed by atoms with van der Waals surface area (Å²) >= 11 is 0. The van der Waals surface area contributed by atoms with Crippen molar-refractivity contribution in [1.29, 1.82) is 0 Å². The van der Waals surface area contributed by atoms with E-state index < -0.39 is 6.03 Å². The van der Waals surface area contributed by atoms with Crippen LogP contribution >= 0.6 is 0 Å². The van der Waals surface area contributed by atoms with Gasteiger partial charge in [-0.25, -0.2) is 4.79 Å². The highest BCUT2D eigenvalue weighted by Crippen LogP contribution is 2.21. The van der Waals surface area contributed by atoms with Gasteiger partial charge >= 0.3 is 6.03 Å². The number of carbonyl (C=O) groups excluding carboxylic acids is 2. The Morgan fingerprint density at radius 3 is 2.44 bits per heavy atom. The van der Waals surface area contributed by atoms with Crippen molar-refractivity contribution in [2.24, 2.45) is 5.92 Å². The molecule has 172 valence electrons. The van der Waals surface area contributed by atoms with Crippen molar-refractivity contribution in [2.75, 3.05) is 32.0 Å². The number of benzene rings is 2. The molecule has 0 bridgehead atoms. The molecule has 6 heteroatoms. The van der Waals surface area contributed by atoms with Crippen LogP contribution in [-0.4, -0.2) is 54.5 Å². The average Bonchev–Trinajstić information content (AvgIpc) is 2.76. The van der Waals surface area contributed by atoms with Crippen LogP contribution < -0.4 is 10.6 Å². The summed E-state index contributed by atoms with van der Waals surface area (Å²) in [5, 5.41) is 5.28. The fourth-order valence-corrected chi connectivity index (χ4v) is 4.41. The molecule has 6 nitrogen and oxygen atoms in total. The lowest BCUT2D eigenvalue weighted by Crippen LogP contribution is -2.51. The van der Waals surface area contributed by atoms with Gasteiger partial charge in [-0.15, -0.1) is 0 Å². The third-order valence-corrected chi connectivity index (χ3v) is 6.31. The number of aryl methyl sites for hydroxylation is 2. The average molecular weight is 437 g/mol. The van der Waals surface area contributed by atoms with E-state index in [1.165, 1.54) is 5.56 Å². The quantitative estimate of drug-likeness (QED) is 0.683. The molecular formula is C26H36N4O2. The van der Waals surface area contributed by atoms with Crippen LogP contribution in [0.15, 0.2) is 48.5 Å². The second kappa shape index (κ2) is 11.2. The van der Waals surface area contributed by atoms with Gasteiger partial charge in [0.1, 0.15) is 0 Å². The molecule has 1 fully saturated rings. The first-order chi connectivity index (χ1) is 15.3. The van der Waals surface area contributed by atoms with E-state index in [2.05, 4.69) is 51.7 Å². The number of nitrogens with zero attached hydrogens (tertiary/aromatic N) is 2. The van der Waals surface area contributed by atoms with Crippen LogP contribution in [-0.2, 0) is 11.3 Å².